The molecule has 3 saturated carbocycles. The largest absolute Gasteiger partial charge is 0.480 e. The van der Waals surface area contributed by atoms with E-state index in [-0.39, 0.29) is 60.6 Å². The third-order valence-corrected chi connectivity index (χ3v) is 11.4. The molecule has 0 spiro atoms. The van der Waals surface area contributed by atoms with Crippen LogP contribution >= 0.6 is 0 Å². The smallest absolute Gasteiger partial charge is 0.325 e. The fraction of sp³-hybridized carbons (Fsp3) is 0.758. The van der Waals surface area contributed by atoms with Crippen molar-refractivity contribution in [1.29, 1.82) is 0 Å². The minimum Gasteiger partial charge on any atom is -0.480 e. The molecular formula is C33H48N2O10. The number of ketones is 2. The number of aliphatic hydroxyl groups excluding tert-OH is 1. The lowest BCUT2D eigenvalue weighted by Gasteiger charge is -2.60. The zero-order valence-electron chi connectivity index (χ0n) is 26.9. The maximum atomic E-state index is 13.5. The van der Waals surface area contributed by atoms with Gasteiger partial charge in [-0.15, -0.1) is 0 Å². The van der Waals surface area contributed by atoms with Crippen LogP contribution in [0.15, 0.2) is 11.6 Å². The predicted octanol–water partition coefficient (Wildman–Crippen LogP) is 1.84. The molecule has 5 N–H and O–H groups in total. The molecule has 3 fully saturated rings. The van der Waals surface area contributed by atoms with E-state index in [0.717, 1.165) is 18.4 Å². The number of hydrogen-bond acceptors (Lipinski definition) is 9. The Kier molecular flexibility index (Phi) is 9.99. The van der Waals surface area contributed by atoms with Gasteiger partial charge in [0.05, 0.1) is 12.5 Å². The Labute approximate surface area is 263 Å². The lowest BCUT2D eigenvalue weighted by molar-refractivity contribution is -0.184. The van der Waals surface area contributed by atoms with Crippen molar-refractivity contribution in [1.82, 2.24) is 10.6 Å². The summed E-state index contributed by atoms with van der Waals surface area (Å²) in [4.78, 5) is 74.1. The van der Waals surface area contributed by atoms with Gasteiger partial charge in [0.1, 0.15) is 17.7 Å². The van der Waals surface area contributed by atoms with Gasteiger partial charge in [0.2, 0.25) is 17.6 Å². The number of allylic oxidation sites excluding steroid dienone is 1. The summed E-state index contributed by atoms with van der Waals surface area (Å²) in [6.45, 7) is 7.99. The second kappa shape index (κ2) is 12.9. The lowest BCUT2D eigenvalue weighted by Crippen LogP contribution is -2.62. The fourth-order valence-corrected chi connectivity index (χ4v) is 8.85. The minimum absolute atomic E-state index is 0.0140. The van der Waals surface area contributed by atoms with Gasteiger partial charge in [-0.05, 0) is 80.6 Å². The summed E-state index contributed by atoms with van der Waals surface area (Å²) in [6.07, 6.45) is 3.99. The summed E-state index contributed by atoms with van der Waals surface area (Å²) in [5.41, 5.74) is -1.89. The van der Waals surface area contributed by atoms with Gasteiger partial charge in [0.25, 0.3) is 0 Å². The van der Waals surface area contributed by atoms with Crippen molar-refractivity contribution in [3.05, 3.63) is 11.6 Å². The zero-order chi connectivity index (χ0) is 33.5. The Morgan fingerprint density at radius 2 is 1.71 bits per heavy atom. The van der Waals surface area contributed by atoms with Crippen LogP contribution < -0.4 is 10.6 Å². The van der Waals surface area contributed by atoms with Crippen molar-refractivity contribution < 1.29 is 48.8 Å². The first kappa shape index (κ1) is 34.7. The van der Waals surface area contributed by atoms with Crippen LogP contribution in [0.4, 0.5) is 0 Å². The van der Waals surface area contributed by atoms with Crippen LogP contribution in [0.5, 0.6) is 0 Å². The molecule has 45 heavy (non-hydrogen) atoms. The lowest BCUT2D eigenvalue weighted by atomic mass is 9.45. The SMILES string of the molecule is CC(C)[C@@H](NC(=O)CCC(=O)OCC(=O)[C@@]1(O)CC[C@@H]2[C@@H]3CCC4=CC(=O)CC[C@]4(C)[C@H]3[C@H](O)C[C@@]21C)C(=O)N[C@@H](C)C(=O)O. The molecule has 9 atom stereocenters. The highest BCUT2D eigenvalue weighted by molar-refractivity contribution is 5.93. The summed E-state index contributed by atoms with van der Waals surface area (Å²) < 4.78 is 5.19. The van der Waals surface area contributed by atoms with Crippen LogP contribution in [0.1, 0.15) is 92.4 Å². The van der Waals surface area contributed by atoms with Gasteiger partial charge >= 0.3 is 11.9 Å². The van der Waals surface area contributed by atoms with E-state index in [1.807, 2.05) is 6.92 Å². The summed E-state index contributed by atoms with van der Waals surface area (Å²) >= 11 is 0. The second-order valence-corrected chi connectivity index (χ2v) is 14.4. The number of ether oxygens (including phenoxy) is 1. The topological polar surface area (TPSA) is 196 Å². The molecule has 0 aliphatic heterocycles. The fourth-order valence-electron chi connectivity index (χ4n) is 8.85. The van der Waals surface area contributed by atoms with Crippen LogP contribution in [0.2, 0.25) is 0 Å². The maximum Gasteiger partial charge on any atom is 0.325 e. The first-order valence-corrected chi connectivity index (χ1v) is 16.1. The molecule has 0 aromatic rings. The number of hydrogen-bond donors (Lipinski definition) is 5. The predicted molar refractivity (Wildman–Crippen MR) is 160 cm³/mol. The molecule has 0 radical (unpaired) electrons. The summed E-state index contributed by atoms with van der Waals surface area (Å²) in [5.74, 6) is -4.17. The maximum absolute atomic E-state index is 13.5. The molecule has 0 saturated heterocycles. The minimum atomic E-state index is -1.79. The summed E-state index contributed by atoms with van der Waals surface area (Å²) in [7, 11) is 0. The standard InChI is InChI=1S/C33H48N2O10/c1-17(2)28(29(41)34-18(3)30(42)43)35-25(39)8-9-26(40)45-16-24(38)33(44)13-11-22-21-7-6-19-14-20(36)10-12-31(19,4)27(21)23(37)15-32(22,33)5/h14,17-18,21-23,27-28,37,44H,6-13,15-16H2,1-5H3,(H,34,41)(H,35,39)(H,42,43)/t18-,21-,22+,23+,27+,28+,31-,32-,33-/m0/s1. The highest BCUT2D eigenvalue weighted by atomic mass is 16.5. The first-order valence-electron chi connectivity index (χ1n) is 16.1. The number of aliphatic hydroxyl groups is 2. The number of aliphatic carboxylic acids is 1. The van der Waals surface area contributed by atoms with Gasteiger partial charge in [-0.25, -0.2) is 0 Å². The van der Waals surface area contributed by atoms with Crippen molar-refractivity contribution in [3.8, 4) is 0 Å². The number of carbonyl (C=O) groups is 6. The van der Waals surface area contributed by atoms with Crippen molar-refractivity contribution >= 4 is 35.3 Å². The highest BCUT2D eigenvalue weighted by Crippen LogP contribution is 2.67. The number of Topliss-reactive ketones (excluding diaryl/α,β-unsaturated/α-hetero) is 1. The molecule has 4 rings (SSSR count). The van der Waals surface area contributed by atoms with Gasteiger partial charge in [0, 0.05) is 18.3 Å². The van der Waals surface area contributed by atoms with E-state index in [4.69, 9.17) is 9.84 Å². The number of carbonyl (C=O) groups excluding carboxylic acids is 5. The van der Waals surface area contributed by atoms with E-state index in [1.165, 1.54) is 6.92 Å². The van der Waals surface area contributed by atoms with Gasteiger partial charge in [-0.2, -0.15) is 0 Å². The Morgan fingerprint density at radius 3 is 2.36 bits per heavy atom. The molecule has 0 aromatic carbocycles. The van der Waals surface area contributed by atoms with E-state index in [1.54, 1.807) is 19.9 Å². The van der Waals surface area contributed by atoms with Crippen molar-refractivity contribution in [3.63, 3.8) is 0 Å². The Hall–Kier alpha value is -3.12. The number of fused-ring (bicyclic) bond motifs is 5. The molecule has 4 aliphatic carbocycles. The molecule has 12 nitrogen and oxygen atoms in total. The van der Waals surface area contributed by atoms with Crippen molar-refractivity contribution in [2.45, 2.75) is 116 Å². The van der Waals surface area contributed by atoms with E-state index < -0.39 is 65.3 Å². The van der Waals surface area contributed by atoms with Crippen LogP contribution in [0.25, 0.3) is 0 Å². The third-order valence-electron chi connectivity index (χ3n) is 11.4. The van der Waals surface area contributed by atoms with E-state index in [2.05, 4.69) is 17.6 Å². The molecule has 0 unspecified atom stereocenters. The molecule has 0 aromatic heterocycles. The first-order chi connectivity index (χ1) is 20.9. The number of carboxylic acid groups (broad SMARTS) is 1. The van der Waals surface area contributed by atoms with Crippen LogP contribution in [0, 0.1) is 34.5 Å². The normalized spacial score (nSPS) is 35.2. The third kappa shape index (κ3) is 6.45. The number of carboxylic acids is 1. The van der Waals surface area contributed by atoms with Gasteiger partial charge in [0.15, 0.2) is 12.4 Å². The summed E-state index contributed by atoms with van der Waals surface area (Å²) in [6, 6.07) is -2.16. The number of amides is 2. The molecular weight excluding hydrogens is 584 g/mol. The average Bonchev–Trinajstić information content (AvgIpc) is 3.23. The zero-order valence-corrected chi connectivity index (χ0v) is 26.9. The van der Waals surface area contributed by atoms with Gasteiger partial charge in [-0.1, -0.05) is 33.3 Å². The average molecular weight is 633 g/mol. The Balaban J connectivity index is 1.33. The molecule has 0 heterocycles. The van der Waals surface area contributed by atoms with Crippen LogP contribution in [0.3, 0.4) is 0 Å². The number of nitrogens with one attached hydrogen (secondary N) is 2. The molecule has 4 aliphatic rings. The van der Waals surface area contributed by atoms with Crippen LogP contribution in [-0.2, 0) is 33.5 Å². The quantitative estimate of drug-likeness (QED) is 0.210. The monoisotopic (exact) mass is 632 g/mol. The Bertz CT molecular complexity index is 1280. The molecule has 250 valence electrons. The molecule has 2 amide bonds. The number of esters is 1. The van der Waals surface area contributed by atoms with Crippen molar-refractivity contribution in [2.75, 3.05) is 6.61 Å². The summed E-state index contributed by atoms with van der Waals surface area (Å²) in [5, 5.41) is 37.2. The van der Waals surface area contributed by atoms with Crippen LogP contribution in [-0.4, -0.2) is 81.0 Å². The number of rotatable bonds is 11. The van der Waals surface area contributed by atoms with Crippen molar-refractivity contribution in [2.24, 2.45) is 34.5 Å². The molecule has 12 heteroatoms. The van der Waals surface area contributed by atoms with E-state index in [9.17, 15) is 39.0 Å². The van der Waals surface area contributed by atoms with E-state index >= 15 is 0 Å². The van der Waals surface area contributed by atoms with E-state index in [0.29, 0.717) is 19.3 Å². The molecule has 0 bridgehead atoms. The second-order valence-electron chi connectivity index (χ2n) is 14.4. The van der Waals surface area contributed by atoms with Gasteiger partial charge in [-0.3, -0.25) is 28.8 Å². The highest BCUT2D eigenvalue weighted by Gasteiger charge is 2.68. The Morgan fingerprint density at radius 1 is 1.02 bits per heavy atom. The van der Waals surface area contributed by atoms with Gasteiger partial charge < -0.3 is 30.7 Å².